The Morgan fingerprint density at radius 2 is 1.94 bits per heavy atom. The van der Waals surface area contributed by atoms with Crippen molar-refractivity contribution in [3.05, 3.63) is 65.3 Å². The molecule has 0 radical (unpaired) electrons. The maximum absolute atomic E-state index is 13.4. The number of amidine groups is 1. The first kappa shape index (κ1) is 23.9. The Kier molecular flexibility index (Phi) is 7.44. The van der Waals surface area contributed by atoms with E-state index in [-0.39, 0.29) is 24.3 Å². The molecule has 2 heterocycles. The van der Waals surface area contributed by atoms with Gasteiger partial charge >= 0.3 is 0 Å². The highest BCUT2D eigenvalue weighted by atomic mass is 35.5. The number of fused-ring (bicyclic) bond motifs is 1. The standard InChI is InChI=1S/C27H29ClN4O2S/c28-19-11-12-23-22(15-19)18(17-29-23)13-14-32-26(34)24(16-25(33)30-20-7-3-1-4-8-20)35-27(32)31-21-9-5-2-6-10-21/h1,3-4,7-8,11-12,15,17,21,24,29H,2,5-6,9-10,13-14,16H2,(H,30,33)/t24-/m1/s1. The van der Waals surface area contributed by atoms with Gasteiger partial charge in [0.1, 0.15) is 5.25 Å². The zero-order valence-electron chi connectivity index (χ0n) is 19.5. The molecule has 2 amide bonds. The fraction of sp³-hybridized carbons (Fsp3) is 0.370. The number of nitrogens with zero attached hydrogens (tertiary/aromatic N) is 2. The Labute approximate surface area is 214 Å². The molecule has 0 bridgehead atoms. The fourth-order valence-electron chi connectivity index (χ4n) is 4.80. The van der Waals surface area contributed by atoms with E-state index >= 15 is 0 Å². The molecule has 0 spiro atoms. The van der Waals surface area contributed by atoms with Gasteiger partial charge in [0.15, 0.2) is 5.17 Å². The van der Waals surface area contributed by atoms with Gasteiger partial charge in [0.05, 0.1) is 6.04 Å². The molecule has 3 aromatic rings. The van der Waals surface area contributed by atoms with E-state index in [1.165, 1.54) is 31.0 Å². The SMILES string of the molecule is O=C(C[C@H]1SC(=NC2CCCCC2)N(CCc2c[nH]c3ccc(Cl)cc23)C1=O)Nc1ccccc1. The summed E-state index contributed by atoms with van der Waals surface area (Å²) in [5, 5.41) is 4.96. The summed E-state index contributed by atoms with van der Waals surface area (Å²) in [5.74, 6) is -0.196. The van der Waals surface area contributed by atoms with Crippen molar-refractivity contribution >= 4 is 56.9 Å². The molecular formula is C27H29ClN4O2S. The van der Waals surface area contributed by atoms with Crippen LogP contribution in [0.4, 0.5) is 5.69 Å². The number of rotatable bonds is 7. The first-order valence-electron chi connectivity index (χ1n) is 12.2. The second-order valence-electron chi connectivity index (χ2n) is 9.17. The smallest absolute Gasteiger partial charge is 0.242 e. The third-order valence-electron chi connectivity index (χ3n) is 6.65. The minimum Gasteiger partial charge on any atom is -0.361 e. The number of hydrogen-bond donors (Lipinski definition) is 2. The van der Waals surface area contributed by atoms with Crippen molar-refractivity contribution in [2.24, 2.45) is 4.99 Å². The van der Waals surface area contributed by atoms with E-state index in [1.54, 1.807) is 4.90 Å². The molecule has 1 aliphatic carbocycles. The van der Waals surface area contributed by atoms with Crippen LogP contribution in [0.3, 0.4) is 0 Å². The number of nitrogens with one attached hydrogen (secondary N) is 2. The number of thioether (sulfide) groups is 1. The molecule has 2 aromatic carbocycles. The lowest BCUT2D eigenvalue weighted by Crippen LogP contribution is -2.35. The molecular weight excluding hydrogens is 480 g/mol. The number of aromatic amines is 1. The van der Waals surface area contributed by atoms with Crippen molar-refractivity contribution in [2.75, 3.05) is 11.9 Å². The van der Waals surface area contributed by atoms with Crippen molar-refractivity contribution in [1.82, 2.24) is 9.88 Å². The summed E-state index contributed by atoms with van der Waals surface area (Å²) < 4.78 is 0. The quantitative estimate of drug-likeness (QED) is 0.409. The van der Waals surface area contributed by atoms with E-state index in [0.717, 1.165) is 40.2 Å². The Bertz CT molecular complexity index is 1240. The second kappa shape index (κ2) is 10.9. The van der Waals surface area contributed by atoms with Crippen molar-refractivity contribution in [2.45, 2.75) is 56.2 Å². The number of H-pyrrole nitrogens is 1. The zero-order valence-corrected chi connectivity index (χ0v) is 21.1. The van der Waals surface area contributed by atoms with E-state index in [9.17, 15) is 9.59 Å². The van der Waals surface area contributed by atoms with Crippen LogP contribution in [0, 0.1) is 0 Å². The van der Waals surface area contributed by atoms with Crippen LogP contribution in [0.1, 0.15) is 44.1 Å². The fourth-order valence-corrected chi connectivity index (χ4v) is 6.21. The third kappa shape index (κ3) is 5.73. The van der Waals surface area contributed by atoms with Crippen LogP contribution in [0.25, 0.3) is 10.9 Å². The molecule has 2 aliphatic rings. The van der Waals surface area contributed by atoms with Gasteiger partial charge < -0.3 is 10.3 Å². The van der Waals surface area contributed by atoms with Crippen LogP contribution < -0.4 is 5.32 Å². The van der Waals surface area contributed by atoms with Gasteiger partial charge in [-0.1, -0.05) is 60.8 Å². The molecule has 35 heavy (non-hydrogen) atoms. The zero-order chi connectivity index (χ0) is 24.2. The van der Waals surface area contributed by atoms with Gasteiger partial charge in [-0.15, -0.1) is 0 Å². The normalized spacial score (nSPS) is 20.1. The summed E-state index contributed by atoms with van der Waals surface area (Å²) in [4.78, 5) is 36.2. The molecule has 2 N–H and O–H groups in total. The number of para-hydroxylation sites is 1. The highest BCUT2D eigenvalue weighted by Crippen LogP contribution is 2.33. The number of carbonyl (C=O) groups is 2. The lowest BCUT2D eigenvalue weighted by molar-refractivity contribution is -0.128. The summed E-state index contributed by atoms with van der Waals surface area (Å²) in [7, 11) is 0. The van der Waals surface area contributed by atoms with Crippen LogP contribution >= 0.6 is 23.4 Å². The maximum Gasteiger partial charge on any atom is 0.242 e. The van der Waals surface area contributed by atoms with Crippen molar-refractivity contribution in [1.29, 1.82) is 0 Å². The Balaban J connectivity index is 1.31. The van der Waals surface area contributed by atoms with Crippen LogP contribution in [0.15, 0.2) is 59.7 Å². The van der Waals surface area contributed by atoms with Gasteiger partial charge in [-0.05, 0) is 55.2 Å². The van der Waals surface area contributed by atoms with Gasteiger partial charge in [0.25, 0.3) is 0 Å². The molecule has 182 valence electrons. The highest BCUT2D eigenvalue weighted by molar-refractivity contribution is 8.15. The minimum atomic E-state index is -0.460. The summed E-state index contributed by atoms with van der Waals surface area (Å²) in [6.07, 6.45) is 8.52. The maximum atomic E-state index is 13.4. The summed E-state index contributed by atoms with van der Waals surface area (Å²) >= 11 is 7.66. The van der Waals surface area contributed by atoms with Crippen LogP contribution in [0.2, 0.25) is 5.02 Å². The molecule has 1 saturated carbocycles. The number of hydrogen-bond acceptors (Lipinski definition) is 4. The van der Waals surface area contributed by atoms with Gasteiger partial charge in [0, 0.05) is 40.8 Å². The molecule has 8 heteroatoms. The first-order chi connectivity index (χ1) is 17.1. The Hall–Kier alpha value is -2.77. The van der Waals surface area contributed by atoms with Crippen LogP contribution in [0.5, 0.6) is 0 Å². The van der Waals surface area contributed by atoms with Crippen molar-refractivity contribution in [3.8, 4) is 0 Å². The van der Waals surface area contributed by atoms with Gasteiger partial charge in [0.2, 0.25) is 11.8 Å². The lowest BCUT2D eigenvalue weighted by Gasteiger charge is -2.21. The highest BCUT2D eigenvalue weighted by Gasteiger charge is 2.39. The van der Waals surface area contributed by atoms with Gasteiger partial charge in [-0.3, -0.25) is 19.5 Å². The number of anilines is 1. The molecule has 1 atom stereocenters. The summed E-state index contributed by atoms with van der Waals surface area (Å²) in [6.45, 7) is 0.521. The Morgan fingerprint density at radius 3 is 2.74 bits per heavy atom. The molecule has 1 aliphatic heterocycles. The second-order valence-corrected chi connectivity index (χ2v) is 10.8. The van der Waals surface area contributed by atoms with Crippen molar-refractivity contribution < 1.29 is 9.59 Å². The largest absolute Gasteiger partial charge is 0.361 e. The summed E-state index contributed by atoms with van der Waals surface area (Å²) in [6, 6.07) is 15.4. The predicted molar refractivity (Wildman–Crippen MR) is 144 cm³/mol. The monoisotopic (exact) mass is 508 g/mol. The number of amides is 2. The Morgan fingerprint density at radius 1 is 1.14 bits per heavy atom. The molecule has 1 aromatic heterocycles. The molecule has 0 unspecified atom stereocenters. The predicted octanol–water partition coefficient (Wildman–Crippen LogP) is 6.03. The van der Waals surface area contributed by atoms with Crippen LogP contribution in [-0.2, 0) is 16.0 Å². The number of halogens is 1. The topological polar surface area (TPSA) is 77.6 Å². The third-order valence-corrected chi connectivity index (χ3v) is 8.07. The van der Waals surface area contributed by atoms with Gasteiger partial charge in [-0.25, -0.2) is 0 Å². The minimum absolute atomic E-state index is 0.0364. The average Bonchev–Trinajstić information content (AvgIpc) is 3.39. The number of benzene rings is 2. The first-order valence-corrected chi connectivity index (χ1v) is 13.5. The average molecular weight is 509 g/mol. The number of aliphatic imine (C=N–C) groups is 1. The lowest BCUT2D eigenvalue weighted by atomic mass is 9.96. The summed E-state index contributed by atoms with van der Waals surface area (Å²) in [5.41, 5.74) is 2.87. The van der Waals surface area contributed by atoms with Gasteiger partial charge in [-0.2, -0.15) is 0 Å². The van der Waals surface area contributed by atoms with E-state index in [0.29, 0.717) is 18.0 Å². The number of aromatic nitrogens is 1. The molecule has 1 saturated heterocycles. The molecule has 6 nitrogen and oxygen atoms in total. The van der Waals surface area contributed by atoms with E-state index in [2.05, 4.69) is 10.3 Å². The van der Waals surface area contributed by atoms with E-state index in [4.69, 9.17) is 16.6 Å². The van der Waals surface area contributed by atoms with E-state index in [1.807, 2.05) is 54.7 Å². The number of carbonyl (C=O) groups excluding carboxylic acids is 2. The van der Waals surface area contributed by atoms with E-state index < -0.39 is 5.25 Å². The molecule has 5 rings (SSSR count). The molecule has 2 fully saturated rings. The van der Waals surface area contributed by atoms with Crippen molar-refractivity contribution in [3.63, 3.8) is 0 Å². The van der Waals surface area contributed by atoms with Crippen LogP contribution in [-0.4, -0.2) is 44.7 Å².